The molecule has 3 heterocycles. The van der Waals surface area contributed by atoms with Crippen LogP contribution < -0.4 is 4.90 Å². The van der Waals surface area contributed by atoms with Gasteiger partial charge >= 0.3 is 0 Å². The predicted molar refractivity (Wildman–Crippen MR) is 106 cm³/mol. The second-order valence-corrected chi connectivity index (χ2v) is 7.02. The molecule has 0 bridgehead atoms. The van der Waals surface area contributed by atoms with Crippen LogP contribution in [0.15, 0.2) is 49.1 Å². The lowest BCUT2D eigenvalue weighted by molar-refractivity contribution is -0.134. The van der Waals surface area contributed by atoms with Crippen LogP contribution >= 0.6 is 0 Å². The molecule has 1 aromatic heterocycles. The minimum Gasteiger partial charge on any atom is -0.352 e. The highest BCUT2D eigenvalue weighted by molar-refractivity contribution is 5.82. The Labute approximate surface area is 164 Å². The molecule has 4 rings (SSSR count). The van der Waals surface area contributed by atoms with E-state index in [9.17, 15) is 9.59 Å². The van der Waals surface area contributed by atoms with Crippen LogP contribution in [0.4, 0.5) is 5.82 Å². The van der Waals surface area contributed by atoms with Crippen molar-refractivity contribution in [3.8, 4) is 0 Å². The average molecular weight is 377 g/mol. The molecule has 7 nitrogen and oxygen atoms in total. The van der Waals surface area contributed by atoms with Crippen molar-refractivity contribution >= 4 is 23.7 Å². The van der Waals surface area contributed by atoms with Crippen LogP contribution in [0.2, 0.25) is 0 Å². The fraction of sp³-hybridized carbons (Fsp3) is 0.333. The maximum atomic E-state index is 13.0. The maximum Gasteiger partial charge on any atom is 0.225 e. The van der Waals surface area contributed by atoms with E-state index < -0.39 is 0 Å². The summed E-state index contributed by atoms with van der Waals surface area (Å²) < 4.78 is 0. The van der Waals surface area contributed by atoms with Gasteiger partial charge in [-0.1, -0.05) is 24.3 Å². The number of carbonyl (C=O) groups is 2. The zero-order valence-corrected chi connectivity index (χ0v) is 15.9. The summed E-state index contributed by atoms with van der Waals surface area (Å²) in [5, 5.41) is 0. The van der Waals surface area contributed by atoms with Crippen LogP contribution in [0.1, 0.15) is 30.5 Å². The molecular formula is C21H23N5O2. The number of rotatable bonds is 3. The van der Waals surface area contributed by atoms with Gasteiger partial charge in [0.25, 0.3) is 0 Å². The van der Waals surface area contributed by atoms with E-state index in [1.165, 1.54) is 6.92 Å². The van der Waals surface area contributed by atoms with Crippen LogP contribution in [-0.4, -0.2) is 57.8 Å². The van der Waals surface area contributed by atoms with Crippen molar-refractivity contribution in [1.82, 2.24) is 19.8 Å². The Morgan fingerprint density at radius 1 is 1.11 bits per heavy atom. The molecule has 0 saturated carbocycles. The molecular weight excluding hydrogens is 354 g/mol. The summed E-state index contributed by atoms with van der Waals surface area (Å²) in [7, 11) is 0. The molecule has 1 unspecified atom stereocenters. The van der Waals surface area contributed by atoms with Gasteiger partial charge in [0, 0.05) is 51.7 Å². The average Bonchev–Trinajstić information content (AvgIpc) is 2.74. The minimum absolute atomic E-state index is 0.0592. The fourth-order valence-corrected chi connectivity index (χ4v) is 3.85. The summed E-state index contributed by atoms with van der Waals surface area (Å²) in [4.78, 5) is 39.2. The first kappa shape index (κ1) is 18.2. The highest BCUT2D eigenvalue weighted by atomic mass is 16.2. The molecule has 7 heteroatoms. The van der Waals surface area contributed by atoms with E-state index in [0.717, 1.165) is 30.0 Å². The molecule has 1 aromatic carbocycles. The second-order valence-electron chi connectivity index (χ2n) is 7.02. The smallest absolute Gasteiger partial charge is 0.225 e. The quantitative estimate of drug-likeness (QED) is 0.819. The van der Waals surface area contributed by atoms with Crippen LogP contribution in [-0.2, 0) is 9.59 Å². The van der Waals surface area contributed by atoms with Crippen LogP contribution in [0, 0.1) is 0 Å². The number of benzene rings is 1. The SMILES string of the molecule is CC(=O)N1C=Cc2ccccc2C1CC(=O)N1CCN(c2cnccn2)CC1. The van der Waals surface area contributed by atoms with Gasteiger partial charge in [0.2, 0.25) is 11.8 Å². The van der Waals surface area contributed by atoms with Gasteiger partial charge in [-0.3, -0.25) is 14.6 Å². The normalized spacial score (nSPS) is 18.8. The molecule has 2 aliphatic rings. The summed E-state index contributed by atoms with van der Waals surface area (Å²) >= 11 is 0. The Hall–Kier alpha value is -3.22. The van der Waals surface area contributed by atoms with Crippen LogP contribution in [0.5, 0.6) is 0 Å². The molecule has 28 heavy (non-hydrogen) atoms. The van der Waals surface area contributed by atoms with Gasteiger partial charge in [-0.25, -0.2) is 4.98 Å². The first-order valence-corrected chi connectivity index (χ1v) is 9.48. The molecule has 0 N–H and O–H groups in total. The van der Waals surface area contributed by atoms with E-state index in [2.05, 4.69) is 14.9 Å². The summed E-state index contributed by atoms with van der Waals surface area (Å²) in [6.45, 7) is 4.26. The lowest BCUT2D eigenvalue weighted by atomic mass is 9.93. The minimum atomic E-state index is -0.260. The largest absolute Gasteiger partial charge is 0.352 e. The topological polar surface area (TPSA) is 69.6 Å². The summed E-state index contributed by atoms with van der Waals surface area (Å²) in [6.07, 6.45) is 9.07. The van der Waals surface area contributed by atoms with E-state index in [-0.39, 0.29) is 24.3 Å². The predicted octanol–water partition coefficient (Wildman–Crippen LogP) is 2.09. The number of aromatic nitrogens is 2. The number of anilines is 1. The van der Waals surface area contributed by atoms with E-state index in [4.69, 9.17) is 0 Å². The molecule has 2 amide bonds. The van der Waals surface area contributed by atoms with Crippen molar-refractivity contribution in [2.45, 2.75) is 19.4 Å². The Bertz CT molecular complexity index is 891. The van der Waals surface area contributed by atoms with Crippen molar-refractivity contribution in [3.63, 3.8) is 0 Å². The Kier molecular flexibility index (Phi) is 5.06. The van der Waals surface area contributed by atoms with Gasteiger partial charge in [-0.15, -0.1) is 0 Å². The Morgan fingerprint density at radius 2 is 1.89 bits per heavy atom. The van der Waals surface area contributed by atoms with E-state index >= 15 is 0 Å². The number of nitrogens with zero attached hydrogens (tertiary/aromatic N) is 5. The third-order valence-corrected chi connectivity index (χ3v) is 5.34. The standard InChI is InChI=1S/C21H23N5O2/c1-16(27)26-9-6-17-4-2-3-5-18(17)19(26)14-21(28)25-12-10-24(11-13-25)20-15-22-7-8-23-20/h2-9,15,19H,10-14H2,1H3. The third kappa shape index (κ3) is 3.60. The van der Waals surface area contributed by atoms with Crippen LogP contribution in [0.25, 0.3) is 6.08 Å². The van der Waals surface area contributed by atoms with Crippen molar-refractivity contribution in [1.29, 1.82) is 0 Å². The molecule has 0 aliphatic carbocycles. The number of amides is 2. The van der Waals surface area contributed by atoms with E-state index in [0.29, 0.717) is 13.1 Å². The second kappa shape index (κ2) is 7.80. The summed E-state index contributed by atoms with van der Waals surface area (Å²) in [5.74, 6) is 0.847. The van der Waals surface area contributed by atoms with Gasteiger partial charge in [0.15, 0.2) is 0 Å². The molecule has 1 saturated heterocycles. The Balaban J connectivity index is 1.44. The lowest BCUT2D eigenvalue weighted by Crippen LogP contribution is -2.49. The van der Waals surface area contributed by atoms with Crippen molar-refractivity contribution in [2.75, 3.05) is 31.1 Å². The number of fused-ring (bicyclic) bond motifs is 1. The summed E-state index contributed by atoms with van der Waals surface area (Å²) in [6, 6.07) is 7.67. The van der Waals surface area contributed by atoms with E-state index in [1.54, 1.807) is 29.7 Å². The van der Waals surface area contributed by atoms with Gasteiger partial charge in [0.05, 0.1) is 18.7 Å². The van der Waals surface area contributed by atoms with Gasteiger partial charge < -0.3 is 14.7 Å². The van der Waals surface area contributed by atoms with Gasteiger partial charge in [-0.2, -0.15) is 0 Å². The first-order chi connectivity index (χ1) is 13.6. The number of hydrogen-bond donors (Lipinski definition) is 0. The number of hydrogen-bond acceptors (Lipinski definition) is 5. The molecule has 1 fully saturated rings. The third-order valence-electron chi connectivity index (χ3n) is 5.34. The van der Waals surface area contributed by atoms with Crippen molar-refractivity contribution in [2.24, 2.45) is 0 Å². The van der Waals surface area contributed by atoms with E-state index in [1.807, 2.05) is 35.2 Å². The number of piperazine rings is 1. The zero-order valence-electron chi connectivity index (χ0n) is 15.9. The maximum absolute atomic E-state index is 13.0. The van der Waals surface area contributed by atoms with Crippen LogP contribution in [0.3, 0.4) is 0 Å². The summed E-state index contributed by atoms with van der Waals surface area (Å²) in [5.41, 5.74) is 2.08. The van der Waals surface area contributed by atoms with Gasteiger partial charge in [-0.05, 0) is 17.2 Å². The van der Waals surface area contributed by atoms with Gasteiger partial charge in [0.1, 0.15) is 5.82 Å². The molecule has 0 radical (unpaired) electrons. The van der Waals surface area contributed by atoms with Crippen molar-refractivity contribution in [3.05, 3.63) is 60.2 Å². The molecule has 2 aliphatic heterocycles. The highest BCUT2D eigenvalue weighted by Gasteiger charge is 2.31. The Morgan fingerprint density at radius 3 is 2.61 bits per heavy atom. The number of carbonyl (C=O) groups excluding carboxylic acids is 2. The zero-order chi connectivity index (χ0) is 19.5. The monoisotopic (exact) mass is 377 g/mol. The first-order valence-electron chi connectivity index (χ1n) is 9.48. The molecule has 1 atom stereocenters. The lowest BCUT2D eigenvalue weighted by Gasteiger charge is -2.37. The fourth-order valence-electron chi connectivity index (χ4n) is 3.85. The molecule has 2 aromatic rings. The highest BCUT2D eigenvalue weighted by Crippen LogP contribution is 2.33. The molecule has 144 valence electrons. The molecule has 0 spiro atoms. The van der Waals surface area contributed by atoms with Crippen molar-refractivity contribution < 1.29 is 9.59 Å².